The summed E-state index contributed by atoms with van der Waals surface area (Å²) in [6.07, 6.45) is 10.5. The molecule has 1 saturated carbocycles. The molecule has 0 aromatic rings. The van der Waals surface area contributed by atoms with Crippen LogP contribution in [0.2, 0.25) is 0 Å². The summed E-state index contributed by atoms with van der Waals surface area (Å²) in [6.45, 7) is 4.97. The maximum atomic E-state index is 11.9. The Kier molecular flexibility index (Phi) is 5.26. The van der Waals surface area contributed by atoms with Gasteiger partial charge in [0.2, 0.25) is 0 Å². The van der Waals surface area contributed by atoms with Gasteiger partial charge in [0.15, 0.2) is 0 Å². The molecule has 3 atom stereocenters. The van der Waals surface area contributed by atoms with Crippen LogP contribution in [0.25, 0.3) is 0 Å². The number of rotatable bonds is 8. The van der Waals surface area contributed by atoms with Crippen molar-refractivity contribution in [3.05, 3.63) is 0 Å². The molecule has 1 aliphatic carbocycles. The fourth-order valence-corrected chi connectivity index (χ4v) is 3.03. The Bertz CT molecular complexity index is 302. The van der Waals surface area contributed by atoms with Gasteiger partial charge in [-0.25, -0.2) is 0 Å². The Labute approximate surface area is 117 Å². The summed E-state index contributed by atoms with van der Waals surface area (Å²) in [6, 6.07) is 0. The summed E-state index contributed by atoms with van der Waals surface area (Å²) in [7, 11) is 0. The molecule has 2 rings (SSSR count). The Morgan fingerprint density at radius 1 is 1.26 bits per heavy atom. The molecule has 0 radical (unpaired) electrons. The molecular weight excluding hydrogens is 240 g/mol. The molecule has 1 saturated heterocycles. The van der Waals surface area contributed by atoms with Crippen molar-refractivity contribution in [2.24, 2.45) is 5.92 Å². The minimum atomic E-state index is 0.00566. The first kappa shape index (κ1) is 14.8. The second kappa shape index (κ2) is 6.74. The molecular formula is C16H28O3. The van der Waals surface area contributed by atoms with Gasteiger partial charge in [-0.2, -0.15) is 0 Å². The molecule has 19 heavy (non-hydrogen) atoms. The number of unbranched alkanes of at least 4 members (excludes halogenated alkanes) is 5. The molecule has 3 unspecified atom stereocenters. The number of fused-ring (bicyclic) bond motifs is 1. The zero-order chi connectivity index (χ0) is 13.7. The highest BCUT2D eigenvalue weighted by Gasteiger charge is 2.56. The molecule has 110 valence electrons. The van der Waals surface area contributed by atoms with Crippen LogP contribution in [0.4, 0.5) is 0 Å². The van der Waals surface area contributed by atoms with Gasteiger partial charge in [0, 0.05) is 0 Å². The second-order valence-electron chi connectivity index (χ2n) is 6.33. The van der Waals surface area contributed by atoms with Crippen molar-refractivity contribution in [3.8, 4) is 0 Å². The van der Waals surface area contributed by atoms with Crippen LogP contribution < -0.4 is 0 Å². The lowest BCUT2D eigenvalue weighted by molar-refractivity contribution is -0.149. The number of hydrogen-bond acceptors (Lipinski definition) is 3. The monoisotopic (exact) mass is 268 g/mol. The number of epoxide rings is 1. The van der Waals surface area contributed by atoms with Crippen LogP contribution in [0.3, 0.4) is 0 Å². The van der Waals surface area contributed by atoms with Crippen LogP contribution in [0.1, 0.15) is 71.6 Å². The van der Waals surface area contributed by atoms with Crippen LogP contribution in [-0.4, -0.2) is 24.3 Å². The van der Waals surface area contributed by atoms with Crippen molar-refractivity contribution in [2.75, 3.05) is 6.61 Å². The molecule has 0 bridgehead atoms. The van der Waals surface area contributed by atoms with E-state index in [9.17, 15) is 4.79 Å². The summed E-state index contributed by atoms with van der Waals surface area (Å²) in [5.41, 5.74) is 0.0933. The van der Waals surface area contributed by atoms with E-state index in [0.717, 1.165) is 25.7 Å². The van der Waals surface area contributed by atoms with E-state index in [1.165, 1.54) is 32.1 Å². The van der Waals surface area contributed by atoms with Gasteiger partial charge in [0.05, 0.1) is 24.2 Å². The van der Waals surface area contributed by atoms with E-state index >= 15 is 0 Å². The predicted octanol–water partition coefficient (Wildman–Crippen LogP) is 3.85. The van der Waals surface area contributed by atoms with Gasteiger partial charge >= 0.3 is 5.97 Å². The van der Waals surface area contributed by atoms with Crippen molar-refractivity contribution in [1.29, 1.82) is 0 Å². The fraction of sp³-hybridized carbons (Fsp3) is 0.938. The van der Waals surface area contributed by atoms with E-state index < -0.39 is 0 Å². The first-order chi connectivity index (χ1) is 9.15. The summed E-state index contributed by atoms with van der Waals surface area (Å²) in [5.74, 6) is 0.0896. The van der Waals surface area contributed by atoms with E-state index in [4.69, 9.17) is 9.47 Å². The molecule has 2 fully saturated rings. The third-order valence-corrected chi connectivity index (χ3v) is 4.60. The smallest absolute Gasteiger partial charge is 0.309 e. The fourth-order valence-electron chi connectivity index (χ4n) is 3.03. The number of carbonyl (C=O) groups excluding carboxylic acids is 1. The summed E-state index contributed by atoms with van der Waals surface area (Å²) in [4.78, 5) is 11.9. The molecule has 0 N–H and O–H groups in total. The minimum Gasteiger partial charge on any atom is -0.465 e. The molecule has 0 spiro atoms. The van der Waals surface area contributed by atoms with Gasteiger partial charge in [-0.15, -0.1) is 0 Å². The second-order valence-corrected chi connectivity index (χ2v) is 6.33. The average Bonchev–Trinajstić information content (AvgIpc) is 3.08. The van der Waals surface area contributed by atoms with Crippen molar-refractivity contribution in [1.82, 2.24) is 0 Å². The Balaban J connectivity index is 1.50. The van der Waals surface area contributed by atoms with Crippen molar-refractivity contribution in [3.63, 3.8) is 0 Å². The van der Waals surface area contributed by atoms with Crippen molar-refractivity contribution in [2.45, 2.75) is 83.3 Å². The van der Waals surface area contributed by atoms with Gasteiger partial charge in [0.1, 0.15) is 0 Å². The highest BCUT2D eigenvalue weighted by molar-refractivity contribution is 5.72. The highest BCUT2D eigenvalue weighted by atomic mass is 16.6. The molecule has 1 heterocycles. The lowest BCUT2D eigenvalue weighted by Gasteiger charge is -2.20. The van der Waals surface area contributed by atoms with E-state index in [2.05, 4.69) is 13.8 Å². The van der Waals surface area contributed by atoms with Crippen LogP contribution in [0.5, 0.6) is 0 Å². The third kappa shape index (κ3) is 4.20. The van der Waals surface area contributed by atoms with Gasteiger partial charge in [-0.3, -0.25) is 4.79 Å². The van der Waals surface area contributed by atoms with Gasteiger partial charge in [-0.05, 0) is 32.6 Å². The Morgan fingerprint density at radius 2 is 2.00 bits per heavy atom. The zero-order valence-corrected chi connectivity index (χ0v) is 12.5. The van der Waals surface area contributed by atoms with Gasteiger partial charge in [-0.1, -0.05) is 39.0 Å². The van der Waals surface area contributed by atoms with E-state index in [1.54, 1.807) is 0 Å². The van der Waals surface area contributed by atoms with E-state index in [0.29, 0.717) is 12.7 Å². The molecule has 0 aromatic carbocycles. The van der Waals surface area contributed by atoms with Crippen LogP contribution >= 0.6 is 0 Å². The molecule has 1 aliphatic heterocycles. The molecule has 3 heteroatoms. The maximum absolute atomic E-state index is 11.9. The third-order valence-electron chi connectivity index (χ3n) is 4.60. The quantitative estimate of drug-likeness (QED) is 0.381. The number of esters is 1. The SMILES string of the molecule is CCCCCCCCOC(=O)C1CCC2(C)OC2C1. The highest BCUT2D eigenvalue weighted by Crippen LogP contribution is 2.49. The normalized spacial score (nSPS) is 32.7. The molecule has 2 aliphatic rings. The number of hydrogen-bond donors (Lipinski definition) is 0. The van der Waals surface area contributed by atoms with Crippen LogP contribution in [-0.2, 0) is 14.3 Å². The van der Waals surface area contributed by atoms with E-state index in [1.807, 2.05) is 0 Å². The maximum Gasteiger partial charge on any atom is 0.309 e. The average molecular weight is 268 g/mol. The first-order valence-corrected chi connectivity index (χ1v) is 8.00. The van der Waals surface area contributed by atoms with Gasteiger partial charge < -0.3 is 9.47 Å². The van der Waals surface area contributed by atoms with Crippen LogP contribution in [0.15, 0.2) is 0 Å². The largest absolute Gasteiger partial charge is 0.465 e. The minimum absolute atomic E-state index is 0.00566. The molecule has 0 amide bonds. The zero-order valence-electron chi connectivity index (χ0n) is 12.5. The summed E-state index contributed by atoms with van der Waals surface area (Å²) < 4.78 is 11.0. The summed E-state index contributed by atoms with van der Waals surface area (Å²) >= 11 is 0. The lowest BCUT2D eigenvalue weighted by Crippen LogP contribution is -2.28. The van der Waals surface area contributed by atoms with Gasteiger partial charge in [0.25, 0.3) is 0 Å². The van der Waals surface area contributed by atoms with Crippen molar-refractivity contribution < 1.29 is 14.3 Å². The molecule has 3 nitrogen and oxygen atoms in total. The standard InChI is InChI=1S/C16H28O3/c1-3-4-5-6-7-8-11-18-15(17)13-9-10-16(2)14(12-13)19-16/h13-14H,3-12H2,1-2H3. The predicted molar refractivity (Wildman–Crippen MR) is 75.0 cm³/mol. The van der Waals surface area contributed by atoms with Crippen molar-refractivity contribution >= 4 is 5.97 Å². The number of carbonyl (C=O) groups is 1. The summed E-state index contributed by atoms with van der Waals surface area (Å²) in [5, 5.41) is 0. The molecule has 0 aromatic heterocycles. The number of ether oxygens (including phenoxy) is 2. The Morgan fingerprint density at radius 3 is 2.74 bits per heavy atom. The Hall–Kier alpha value is -0.570. The topological polar surface area (TPSA) is 38.8 Å². The first-order valence-electron chi connectivity index (χ1n) is 8.00. The van der Waals surface area contributed by atoms with Crippen LogP contribution in [0, 0.1) is 5.92 Å². The van der Waals surface area contributed by atoms with E-state index in [-0.39, 0.29) is 17.5 Å². The lowest BCUT2D eigenvalue weighted by atomic mass is 9.83.